The Hall–Kier alpha value is -5.31. The van der Waals surface area contributed by atoms with Crippen molar-refractivity contribution < 1.29 is 32.6 Å². The van der Waals surface area contributed by atoms with Crippen LogP contribution < -0.4 is 10.1 Å². The summed E-state index contributed by atoms with van der Waals surface area (Å²) < 4.78 is 48.8. The third kappa shape index (κ3) is 7.18. The number of anilines is 1. The number of aliphatic carboxylic acids is 1. The van der Waals surface area contributed by atoms with Gasteiger partial charge in [0.25, 0.3) is 0 Å². The van der Waals surface area contributed by atoms with Gasteiger partial charge >= 0.3 is 5.97 Å². The number of ether oxygens (including phenoxy) is 1. The lowest BCUT2D eigenvalue weighted by Crippen LogP contribution is -2.11. The van der Waals surface area contributed by atoms with Gasteiger partial charge in [0.1, 0.15) is 23.2 Å². The Balaban J connectivity index is 1.38. The summed E-state index contributed by atoms with van der Waals surface area (Å²) in [7, 11) is 0. The van der Waals surface area contributed by atoms with Crippen LogP contribution >= 0.6 is 0 Å². The predicted octanol–water partition coefficient (Wildman–Crippen LogP) is 7.98. The molecule has 1 heterocycles. The zero-order chi connectivity index (χ0) is 31.2. The number of carbonyl (C=O) groups excluding carboxylic acids is 1. The number of fused-ring (bicyclic) bond motifs is 1. The molecule has 0 bridgehead atoms. The average molecular weight is 599 g/mol. The molecule has 0 aliphatic heterocycles. The van der Waals surface area contributed by atoms with Crippen molar-refractivity contribution in [3.63, 3.8) is 0 Å². The van der Waals surface area contributed by atoms with Crippen molar-refractivity contribution in [3.05, 3.63) is 137 Å². The van der Waals surface area contributed by atoms with E-state index in [-0.39, 0.29) is 48.6 Å². The monoisotopic (exact) mass is 598 g/mol. The highest BCUT2D eigenvalue weighted by molar-refractivity contribution is 6.05. The lowest BCUT2D eigenvalue weighted by Gasteiger charge is -2.22. The molecule has 0 aliphatic carbocycles. The van der Waals surface area contributed by atoms with Crippen LogP contribution in [0.15, 0.2) is 103 Å². The summed E-state index contributed by atoms with van der Waals surface area (Å²) in [5.41, 5.74) is 4.29. The van der Waals surface area contributed by atoms with E-state index in [1.807, 2.05) is 35.0 Å². The van der Waals surface area contributed by atoms with E-state index in [1.165, 1.54) is 42.5 Å². The van der Waals surface area contributed by atoms with Gasteiger partial charge in [-0.1, -0.05) is 30.3 Å². The maximum Gasteiger partial charge on any atom is 0.303 e. The second-order valence-electron chi connectivity index (χ2n) is 10.3. The van der Waals surface area contributed by atoms with E-state index in [2.05, 4.69) is 5.32 Å². The molecule has 44 heavy (non-hydrogen) atoms. The summed E-state index contributed by atoms with van der Waals surface area (Å²) in [5.74, 6) is -2.55. The molecule has 0 saturated heterocycles. The third-order valence-corrected chi connectivity index (χ3v) is 7.17. The third-order valence-electron chi connectivity index (χ3n) is 7.17. The van der Waals surface area contributed by atoms with Gasteiger partial charge in [-0.3, -0.25) is 9.59 Å². The van der Waals surface area contributed by atoms with Crippen LogP contribution in [0.3, 0.4) is 0 Å². The second kappa shape index (κ2) is 13.3. The molecule has 0 aliphatic rings. The number of amides is 1. The number of carboxylic acid groups (broad SMARTS) is 1. The number of nitrogens with one attached hydrogen (secondary N) is 1. The first kappa shape index (κ1) is 30.2. The lowest BCUT2D eigenvalue weighted by atomic mass is 9.98. The minimum Gasteiger partial charge on any atom is -0.491 e. The van der Waals surface area contributed by atoms with Crippen molar-refractivity contribution in [2.45, 2.75) is 25.8 Å². The zero-order valence-electron chi connectivity index (χ0n) is 23.8. The summed E-state index contributed by atoms with van der Waals surface area (Å²) in [4.78, 5) is 23.6. The van der Waals surface area contributed by atoms with Crippen molar-refractivity contribution >= 4 is 34.0 Å². The van der Waals surface area contributed by atoms with E-state index in [4.69, 9.17) is 9.84 Å². The van der Waals surface area contributed by atoms with Crippen LogP contribution in [0.25, 0.3) is 16.5 Å². The summed E-state index contributed by atoms with van der Waals surface area (Å²) in [6.45, 7) is 1.85. The largest absolute Gasteiger partial charge is 0.491 e. The number of allylic oxidation sites excluding steroid dienone is 1. The summed E-state index contributed by atoms with van der Waals surface area (Å²) >= 11 is 0. The number of carbonyl (C=O) groups is 2. The van der Waals surface area contributed by atoms with Crippen LogP contribution in [0, 0.1) is 17.5 Å². The van der Waals surface area contributed by atoms with Gasteiger partial charge in [0.15, 0.2) is 0 Å². The smallest absolute Gasteiger partial charge is 0.303 e. The van der Waals surface area contributed by atoms with E-state index in [9.17, 15) is 22.8 Å². The normalized spacial score (nSPS) is 11.6. The van der Waals surface area contributed by atoms with Crippen molar-refractivity contribution in [1.82, 2.24) is 4.57 Å². The maximum atomic E-state index is 13.8. The Bertz CT molecular complexity index is 1780. The highest BCUT2D eigenvalue weighted by atomic mass is 19.1. The number of halogens is 3. The molecule has 0 spiro atoms. The van der Waals surface area contributed by atoms with Crippen LogP contribution in [0.2, 0.25) is 0 Å². The van der Waals surface area contributed by atoms with E-state index in [1.54, 1.807) is 31.2 Å². The number of rotatable bonds is 11. The molecular formula is C35H29F3N2O4. The van der Waals surface area contributed by atoms with E-state index >= 15 is 0 Å². The molecule has 0 saturated carbocycles. The first-order chi connectivity index (χ1) is 21.2. The highest BCUT2D eigenvalue weighted by Gasteiger charge is 2.19. The van der Waals surface area contributed by atoms with Crippen LogP contribution in [0.5, 0.6) is 5.75 Å². The summed E-state index contributed by atoms with van der Waals surface area (Å²) in [5, 5.41) is 12.4. The van der Waals surface area contributed by atoms with Crippen LogP contribution in [0.4, 0.5) is 18.9 Å². The number of carboxylic acids is 1. The Morgan fingerprint density at radius 2 is 1.50 bits per heavy atom. The molecule has 6 nitrogen and oxygen atoms in total. The minimum atomic E-state index is -0.961. The molecule has 1 amide bonds. The number of benzene rings is 4. The van der Waals surface area contributed by atoms with Crippen LogP contribution in [-0.2, 0) is 9.59 Å². The van der Waals surface area contributed by atoms with Gasteiger partial charge in [0.2, 0.25) is 5.91 Å². The van der Waals surface area contributed by atoms with E-state index < -0.39 is 17.7 Å². The lowest BCUT2D eigenvalue weighted by molar-refractivity contribution is -0.137. The zero-order valence-corrected chi connectivity index (χ0v) is 23.8. The summed E-state index contributed by atoms with van der Waals surface area (Å²) in [6, 6.07) is 23.5. The fourth-order valence-electron chi connectivity index (χ4n) is 5.01. The Kier molecular flexibility index (Phi) is 9.14. The van der Waals surface area contributed by atoms with Gasteiger partial charge in [-0.2, -0.15) is 0 Å². The average Bonchev–Trinajstić information content (AvgIpc) is 3.41. The van der Waals surface area contributed by atoms with Gasteiger partial charge in [-0.25, -0.2) is 13.2 Å². The molecule has 5 rings (SSSR count). The standard InChI is InChI=1S/C35H29F3N2O4/c1-22(19-33(41)39-30-14-13-29(38)21-32(30)44-18-2-3-34(42)43)25-8-15-31-26(20-25)16-17-40(31)35(23-4-9-27(36)10-5-23)24-6-11-28(37)12-7-24/h4-17,19-21,35H,2-3,18H2,1H3,(H,39,41)(H,42,43). The van der Waals surface area contributed by atoms with Gasteiger partial charge in [0, 0.05) is 35.7 Å². The molecule has 0 radical (unpaired) electrons. The molecule has 2 N–H and O–H groups in total. The molecular weight excluding hydrogens is 569 g/mol. The SMILES string of the molecule is CC(=CC(=O)Nc1ccc(F)cc1OCCCC(=O)O)c1ccc2c(ccn2C(c2ccc(F)cc2)c2ccc(F)cc2)c1. The highest BCUT2D eigenvalue weighted by Crippen LogP contribution is 2.33. The molecule has 9 heteroatoms. The Morgan fingerprint density at radius 3 is 2.14 bits per heavy atom. The van der Waals surface area contributed by atoms with Crippen LogP contribution in [0.1, 0.15) is 42.5 Å². The van der Waals surface area contributed by atoms with Gasteiger partial charge < -0.3 is 19.7 Å². The molecule has 0 atom stereocenters. The first-order valence-electron chi connectivity index (χ1n) is 13.9. The van der Waals surface area contributed by atoms with E-state index in [0.717, 1.165) is 33.7 Å². The Labute approximate surface area is 252 Å². The molecule has 5 aromatic rings. The van der Waals surface area contributed by atoms with Gasteiger partial charge in [-0.15, -0.1) is 0 Å². The Morgan fingerprint density at radius 1 is 0.864 bits per heavy atom. The molecule has 224 valence electrons. The predicted molar refractivity (Wildman–Crippen MR) is 163 cm³/mol. The van der Waals surface area contributed by atoms with Crippen molar-refractivity contribution in [3.8, 4) is 5.75 Å². The van der Waals surface area contributed by atoms with Gasteiger partial charge in [0.05, 0.1) is 18.3 Å². The van der Waals surface area contributed by atoms with Crippen molar-refractivity contribution in [2.75, 3.05) is 11.9 Å². The fourth-order valence-corrected chi connectivity index (χ4v) is 5.01. The first-order valence-corrected chi connectivity index (χ1v) is 13.9. The topological polar surface area (TPSA) is 80.6 Å². The van der Waals surface area contributed by atoms with Crippen LogP contribution in [-0.4, -0.2) is 28.2 Å². The summed E-state index contributed by atoms with van der Waals surface area (Å²) in [6.07, 6.45) is 3.49. The maximum absolute atomic E-state index is 13.8. The van der Waals surface area contributed by atoms with Gasteiger partial charge in [-0.05, 0) is 90.2 Å². The molecule has 1 aromatic heterocycles. The quantitative estimate of drug-likeness (QED) is 0.119. The molecule has 4 aromatic carbocycles. The van der Waals surface area contributed by atoms with Crippen molar-refractivity contribution in [1.29, 1.82) is 0 Å². The number of nitrogens with zero attached hydrogens (tertiary/aromatic N) is 1. The number of hydrogen-bond acceptors (Lipinski definition) is 3. The number of hydrogen-bond donors (Lipinski definition) is 2. The number of aromatic nitrogens is 1. The fraction of sp³-hybridized carbons (Fsp3) is 0.143. The molecule has 0 fully saturated rings. The van der Waals surface area contributed by atoms with E-state index in [0.29, 0.717) is 5.57 Å². The molecule has 0 unspecified atom stereocenters. The van der Waals surface area contributed by atoms with Crippen molar-refractivity contribution in [2.24, 2.45) is 0 Å². The second-order valence-corrected chi connectivity index (χ2v) is 10.3. The minimum absolute atomic E-state index is 0.0519.